The Kier molecular flexibility index (Phi) is 7.11. The average Bonchev–Trinajstić information content (AvgIpc) is 2.54. The van der Waals surface area contributed by atoms with Crippen molar-refractivity contribution in [3.05, 3.63) is 33.8 Å². The van der Waals surface area contributed by atoms with Gasteiger partial charge in [0.1, 0.15) is 0 Å². The maximum atomic E-state index is 12.3. The van der Waals surface area contributed by atoms with Crippen molar-refractivity contribution in [2.24, 2.45) is 5.92 Å². The molecule has 1 aromatic rings. The third-order valence-electron chi connectivity index (χ3n) is 4.35. The highest BCUT2D eigenvalue weighted by atomic mass is 35.5. The zero-order valence-electron chi connectivity index (χ0n) is 14.9. The number of carbonyl (C=O) groups is 2. The first kappa shape index (κ1) is 20.0. The van der Waals surface area contributed by atoms with Crippen LogP contribution in [0.25, 0.3) is 0 Å². The minimum Gasteiger partial charge on any atom is -0.348 e. The Morgan fingerprint density at radius 2 is 1.76 bits per heavy atom. The summed E-state index contributed by atoms with van der Waals surface area (Å²) in [6.07, 6.45) is 0. The number of hydrogen-bond acceptors (Lipinski definition) is 3. The van der Waals surface area contributed by atoms with Gasteiger partial charge in [-0.2, -0.15) is 0 Å². The molecule has 0 saturated carbocycles. The van der Waals surface area contributed by atoms with E-state index in [4.69, 9.17) is 23.2 Å². The summed E-state index contributed by atoms with van der Waals surface area (Å²) in [5.74, 6) is 0.136. The van der Waals surface area contributed by atoms with E-state index in [9.17, 15) is 9.59 Å². The molecule has 25 heavy (non-hydrogen) atoms. The van der Waals surface area contributed by atoms with Gasteiger partial charge in [-0.05, 0) is 24.6 Å². The van der Waals surface area contributed by atoms with E-state index in [1.54, 1.807) is 12.1 Å². The predicted molar refractivity (Wildman–Crippen MR) is 101 cm³/mol. The number of nitrogens with one attached hydrogen (secondary N) is 1. The van der Waals surface area contributed by atoms with Gasteiger partial charge in [0.25, 0.3) is 0 Å². The first-order valence-electron chi connectivity index (χ1n) is 8.53. The van der Waals surface area contributed by atoms with E-state index in [0.29, 0.717) is 42.8 Å². The van der Waals surface area contributed by atoms with Crippen LogP contribution in [-0.2, 0) is 9.59 Å². The lowest BCUT2D eigenvalue weighted by Gasteiger charge is -2.35. The first-order chi connectivity index (χ1) is 11.8. The Morgan fingerprint density at radius 1 is 1.12 bits per heavy atom. The number of piperazine rings is 1. The normalized spacial score (nSPS) is 16.8. The molecule has 1 fully saturated rings. The zero-order chi connectivity index (χ0) is 18.6. The van der Waals surface area contributed by atoms with Gasteiger partial charge >= 0.3 is 0 Å². The van der Waals surface area contributed by atoms with Crippen molar-refractivity contribution in [1.29, 1.82) is 0 Å². The van der Waals surface area contributed by atoms with Crippen molar-refractivity contribution >= 4 is 35.0 Å². The van der Waals surface area contributed by atoms with E-state index < -0.39 is 0 Å². The molecule has 1 N–H and O–H groups in total. The lowest BCUT2D eigenvalue weighted by atomic mass is 10.1. The van der Waals surface area contributed by atoms with E-state index in [1.165, 1.54) is 0 Å². The van der Waals surface area contributed by atoms with Crippen molar-refractivity contribution in [3.63, 3.8) is 0 Å². The largest absolute Gasteiger partial charge is 0.348 e. The summed E-state index contributed by atoms with van der Waals surface area (Å²) in [4.78, 5) is 28.2. The number of rotatable bonds is 5. The molecule has 0 bridgehead atoms. The van der Waals surface area contributed by atoms with Crippen LogP contribution in [0.5, 0.6) is 0 Å². The van der Waals surface area contributed by atoms with Gasteiger partial charge in [-0.3, -0.25) is 14.5 Å². The summed E-state index contributed by atoms with van der Waals surface area (Å²) in [6, 6.07) is 5.06. The van der Waals surface area contributed by atoms with Crippen LogP contribution in [0.3, 0.4) is 0 Å². The Labute approximate surface area is 159 Å². The predicted octanol–water partition coefficient (Wildman–Crippen LogP) is 2.97. The van der Waals surface area contributed by atoms with Crippen LogP contribution < -0.4 is 5.32 Å². The van der Waals surface area contributed by atoms with Crippen LogP contribution in [0.4, 0.5) is 0 Å². The van der Waals surface area contributed by atoms with Gasteiger partial charge in [0.05, 0.1) is 12.6 Å². The fourth-order valence-corrected chi connectivity index (χ4v) is 3.48. The molecule has 2 rings (SSSR count). The van der Waals surface area contributed by atoms with Crippen molar-refractivity contribution in [1.82, 2.24) is 15.1 Å². The Hall–Kier alpha value is -1.30. The van der Waals surface area contributed by atoms with Gasteiger partial charge in [-0.1, -0.05) is 43.1 Å². The fraction of sp³-hybridized carbons (Fsp3) is 0.556. The van der Waals surface area contributed by atoms with Gasteiger partial charge in [-0.25, -0.2) is 0 Å². The minimum atomic E-state index is -0.193. The van der Waals surface area contributed by atoms with Crippen LogP contribution in [0.2, 0.25) is 10.0 Å². The zero-order valence-corrected chi connectivity index (χ0v) is 16.4. The third kappa shape index (κ3) is 5.59. The van der Waals surface area contributed by atoms with Crippen molar-refractivity contribution in [2.45, 2.75) is 26.8 Å². The summed E-state index contributed by atoms with van der Waals surface area (Å²) in [6.45, 7) is 8.79. The maximum absolute atomic E-state index is 12.3. The highest BCUT2D eigenvalue weighted by Gasteiger charge is 2.24. The number of carbonyl (C=O) groups excluding carboxylic acids is 2. The molecule has 0 aromatic heterocycles. The molecule has 7 heteroatoms. The lowest BCUT2D eigenvalue weighted by molar-refractivity contribution is -0.136. The van der Waals surface area contributed by atoms with Crippen LogP contribution >= 0.6 is 23.2 Å². The van der Waals surface area contributed by atoms with E-state index >= 15 is 0 Å². The molecule has 1 saturated heterocycles. The molecule has 0 radical (unpaired) electrons. The quantitative estimate of drug-likeness (QED) is 0.847. The summed E-state index contributed by atoms with van der Waals surface area (Å²) in [5, 5.41) is 4.08. The van der Waals surface area contributed by atoms with Crippen LogP contribution in [0, 0.1) is 5.92 Å². The lowest BCUT2D eigenvalue weighted by Crippen LogP contribution is -2.52. The third-order valence-corrected chi connectivity index (χ3v) is 4.91. The van der Waals surface area contributed by atoms with E-state index in [-0.39, 0.29) is 23.8 Å². The number of benzene rings is 1. The molecule has 138 valence electrons. The van der Waals surface area contributed by atoms with Crippen LogP contribution in [0.1, 0.15) is 32.4 Å². The fourth-order valence-electron chi connectivity index (χ4n) is 2.91. The summed E-state index contributed by atoms with van der Waals surface area (Å²) >= 11 is 12.1. The van der Waals surface area contributed by atoms with Crippen molar-refractivity contribution < 1.29 is 9.59 Å². The van der Waals surface area contributed by atoms with Gasteiger partial charge in [0, 0.05) is 42.1 Å². The van der Waals surface area contributed by atoms with Gasteiger partial charge < -0.3 is 10.2 Å². The second-order valence-corrected chi connectivity index (χ2v) is 7.55. The van der Waals surface area contributed by atoms with Gasteiger partial charge in [0.2, 0.25) is 11.8 Å². The summed E-state index contributed by atoms with van der Waals surface area (Å²) in [7, 11) is 0. The van der Waals surface area contributed by atoms with Crippen LogP contribution in [-0.4, -0.2) is 54.3 Å². The topological polar surface area (TPSA) is 52.7 Å². The molecule has 1 aliphatic rings. The first-order valence-corrected chi connectivity index (χ1v) is 9.29. The second kappa shape index (κ2) is 8.88. The van der Waals surface area contributed by atoms with E-state index in [0.717, 1.165) is 5.56 Å². The molecule has 0 spiro atoms. The number of hydrogen-bond donors (Lipinski definition) is 1. The smallest absolute Gasteiger partial charge is 0.234 e. The van der Waals surface area contributed by atoms with E-state index in [2.05, 4.69) is 10.2 Å². The number of amides is 2. The SMILES string of the molecule is CC(C)C(=O)N1CCN(CC(=O)NC(C)c2ccc(Cl)cc2Cl)CC1. The number of nitrogens with zero attached hydrogens (tertiary/aromatic N) is 2. The maximum Gasteiger partial charge on any atom is 0.234 e. The van der Waals surface area contributed by atoms with Crippen molar-refractivity contribution in [3.8, 4) is 0 Å². The summed E-state index contributed by atoms with van der Waals surface area (Å²) in [5.41, 5.74) is 0.840. The Bertz CT molecular complexity index is 629. The summed E-state index contributed by atoms with van der Waals surface area (Å²) < 4.78 is 0. The van der Waals surface area contributed by atoms with Gasteiger partial charge in [0.15, 0.2) is 0 Å². The average molecular weight is 386 g/mol. The molecular formula is C18H25Cl2N3O2. The monoisotopic (exact) mass is 385 g/mol. The molecule has 0 aliphatic carbocycles. The molecule has 2 amide bonds. The minimum absolute atomic E-state index is 0.0137. The number of halogens is 2. The Morgan fingerprint density at radius 3 is 2.32 bits per heavy atom. The second-order valence-electron chi connectivity index (χ2n) is 6.71. The molecule has 1 heterocycles. The molecule has 5 nitrogen and oxygen atoms in total. The van der Waals surface area contributed by atoms with Crippen LogP contribution in [0.15, 0.2) is 18.2 Å². The molecule has 1 aromatic carbocycles. The Balaban J connectivity index is 1.82. The van der Waals surface area contributed by atoms with Gasteiger partial charge in [-0.15, -0.1) is 0 Å². The molecular weight excluding hydrogens is 361 g/mol. The standard InChI is InChI=1S/C18H25Cl2N3O2/c1-12(2)18(25)23-8-6-22(7-9-23)11-17(24)21-13(3)15-5-4-14(19)10-16(15)20/h4-5,10,12-13H,6-9,11H2,1-3H3,(H,21,24). The molecule has 1 atom stereocenters. The molecule has 1 aliphatic heterocycles. The van der Waals surface area contributed by atoms with E-state index in [1.807, 2.05) is 31.7 Å². The highest BCUT2D eigenvalue weighted by molar-refractivity contribution is 6.35. The van der Waals surface area contributed by atoms with Crippen molar-refractivity contribution in [2.75, 3.05) is 32.7 Å². The molecule has 1 unspecified atom stereocenters. The highest BCUT2D eigenvalue weighted by Crippen LogP contribution is 2.26.